The molecule has 0 bridgehead atoms. The van der Waals surface area contributed by atoms with Crippen molar-refractivity contribution in [1.29, 1.82) is 0 Å². The molecule has 5 heteroatoms. The van der Waals surface area contributed by atoms with E-state index < -0.39 is 0 Å². The Morgan fingerprint density at radius 3 is 2.56 bits per heavy atom. The van der Waals surface area contributed by atoms with E-state index in [-0.39, 0.29) is 24.4 Å². The van der Waals surface area contributed by atoms with Gasteiger partial charge >= 0.3 is 0 Å². The minimum Gasteiger partial charge on any atom is -0.381 e. The van der Waals surface area contributed by atoms with E-state index in [0.29, 0.717) is 6.04 Å². The van der Waals surface area contributed by atoms with Crippen LogP contribution in [0.3, 0.4) is 0 Å². The molecule has 2 fully saturated rings. The highest BCUT2D eigenvalue weighted by Gasteiger charge is 2.23. The second kappa shape index (κ2) is 7.09. The number of carbonyl (C=O) groups excluding carboxylic acids is 1. The summed E-state index contributed by atoms with van der Waals surface area (Å²) in [5.41, 5.74) is 0. The fourth-order valence-electron chi connectivity index (χ4n) is 2.22. The number of halogens is 1. The predicted molar refractivity (Wildman–Crippen MR) is 64.9 cm³/mol. The molecule has 0 aliphatic carbocycles. The van der Waals surface area contributed by atoms with Gasteiger partial charge in [-0.3, -0.25) is 4.79 Å². The van der Waals surface area contributed by atoms with Gasteiger partial charge in [-0.1, -0.05) is 6.42 Å². The van der Waals surface area contributed by atoms with Crippen molar-refractivity contribution in [2.75, 3.05) is 19.8 Å². The molecule has 2 aliphatic heterocycles. The molecule has 2 saturated heterocycles. The van der Waals surface area contributed by atoms with Crippen molar-refractivity contribution < 1.29 is 9.53 Å². The Hall–Kier alpha value is -0.320. The van der Waals surface area contributed by atoms with E-state index in [4.69, 9.17) is 4.74 Å². The summed E-state index contributed by atoms with van der Waals surface area (Å²) < 4.78 is 5.26. The lowest BCUT2D eigenvalue weighted by atomic mass is 10.0. The molecule has 2 aliphatic rings. The summed E-state index contributed by atoms with van der Waals surface area (Å²) in [5.74, 6) is 0.182. The zero-order valence-corrected chi connectivity index (χ0v) is 10.4. The zero-order chi connectivity index (χ0) is 10.5. The molecule has 0 aromatic rings. The van der Waals surface area contributed by atoms with Crippen molar-refractivity contribution in [3.63, 3.8) is 0 Å². The van der Waals surface area contributed by atoms with Crippen LogP contribution < -0.4 is 10.6 Å². The molecular weight excluding hydrogens is 228 g/mol. The van der Waals surface area contributed by atoms with Crippen LogP contribution in [-0.2, 0) is 9.53 Å². The Kier molecular flexibility index (Phi) is 6.09. The minimum atomic E-state index is 0. The largest absolute Gasteiger partial charge is 0.381 e. The van der Waals surface area contributed by atoms with Gasteiger partial charge in [-0.2, -0.15) is 0 Å². The van der Waals surface area contributed by atoms with Crippen molar-refractivity contribution in [3.05, 3.63) is 0 Å². The van der Waals surface area contributed by atoms with Crippen LogP contribution >= 0.6 is 12.4 Å². The number of ether oxygens (including phenoxy) is 1. The van der Waals surface area contributed by atoms with Gasteiger partial charge in [-0.25, -0.2) is 0 Å². The predicted octanol–water partition coefficient (Wildman–Crippen LogP) is 0.845. The van der Waals surface area contributed by atoms with E-state index in [1.165, 1.54) is 12.8 Å². The molecule has 94 valence electrons. The van der Waals surface area contributed by atoms with Crippen molar-refractivity contribution in [2.45, 2.75) is 44.2 Å². The maximum Gasteiger partial charge on any atom is 0.237 e. The summed E-state index contributed by atoms with van der Waals surface area (Å²) in [7, 11) is 0. The number of rotatable bonds is 2. The van der Waals surface area contributed by atoms with E-state index in [9.17, 15) is 4.79 Å². The Bertz CT molecular complexity index is 214. The number of nitrogens with one attached hydrogen (secondary N) is 2. The van der Waals surface area contributed by atoms with Gasteiger partial charge in [0, 0.05) is 19.3 Å². The van der Waals surface area contributed by atoms with Crippen molar-refractivity contribution >= 4 is 18.3 Å². The second-order valence-corrected chi connectivity index (χ2v) is 4.40. The van der Waals surface area contributed by atoms with Crippen LogP contribution in [0.1, 0.15) is 32.1 Å². The normalized spacial score (nSPS) is 26.9. The van der Waals surface area contributed by atoms with E-state index >= 15 is 0 Å². The number of carbonyl (C=O) groups is 1. The van der Waals surface area contributed by atoms with Crippen LogP contribution in [0.25, 0.3) is 0 Å². The quantitative estimate of drug-likeness (QED) is 0.762. The Labute approximate surface area is 103 Å². The molecule has 2 N–H and O–H groups in total. The average molecular weight is 249 g/mol. The monoisotopic (exact) mass is 248 g/mol. The summed E-state index contributed by atoms with van der Waals surface area (Å²) in [6.07, 6.45) is 5.26. The van der Waals surface area contributed by atoms with Crippen LogP contribution in [0.5, 0.6) is 0 Å². The first-order valence-electron chi connectivity index (χ1n) is 5.98. The van der Waals surface area contributed by atoms with Crippen molar-refractivity contribution in [1.82, 2.24) is 10.6 Å². The molecule has 0 aromatic heterocycles. The van der Waals surface area contributed by atoms with E-state index in [1.807, 2.05) is 0 Å². The molecule has 4 nitrogen and oxygen atoms in total. The highest BCUT2D eigenvalue weighted by Crippen LogP contribution is 2.10. The van der Waals surface area contributed by atoms with Gasteiger partial charge < -0.3 is 15.4 Å². The van der Waals surface area contributed by atoms with Crippen molar-refractivity contribution in [3.8, 4) is 0 Å². The molecular formula is C11H21ClN2O2. The highest BCUT2D eigenvalue weighted by atomic mass is 35.5. The molecule has 1 atom stereocenters. The molecule has 16 heavy (non-hydrogen) atoms. The van der Waals surface area contributed by atoms with Crippen molar-refractivity contribution in [2.24, 2.45) is 0 Å². The molecule has 0 saturated carbocycles. The molecule has 2 rings (SSSR count). The van der Waals surface area contributed by atoms with E-state index in [2.05, 4.69) is 10.6 Å². The first kappa shape index (κ1) is 13.7. The Balaban J connectivity index is 0.00000128. The fraction of sp³-hybridized carbons (Fsp3) is 0.909. The smallest absolute Gasteiger partial charge is 0.237 e. The summed E-state index contributed by atoms with van der Waals surface area (Å²) >= 11 is 0. The number of piperidine rings is 1. The molecule has 0 radical (unpaired) electrons. The van der Waals surface area contributed by atoms with Gasteiger partial charge in [-0.15, -0.1) is 12.4 Å². The topological polar surface area (TPSA) is 50.4 Å². The lowest BCUT2D eigenvalue weighted by Crippen LogP contribution is -2.50. The number of amides is 1. The summed E-state index contributed by atoms with van der Waals surface area (Å²) in [5, 5.41) is 6.37. The third kappa shape index (κ3) is 3.92. The van der Waals surface area contributed by atoms with Gasteiger partial charge in [0.2, 0.25) is 5.91 Å². The molecule has 0 aromatic carbocycles. The second-order valence-electron chi connectivity index (χ2n) is 4.40. The Morgan fingerprint density at radius 1 is 1.19 bits per heavy atom. The summed E-state index contributed by atoms with van der Waals surface area (Å²) in [4.78, 5) is 11.9. The average Bonchev–Trinajstić information content (AvgIpc) is 2.31. The molecule has 1 amide bonds. The first-order chi connectivity index (χ1) is 7.36. The van der Waals surface area contributed by atoms with E-state index in [1.54, 1.807) is 0 Å². The van der Waals surface area contributed by atoms with Gasteiger partial charge in [0.25, 0.3) is 0 Å². The van der Waals surface area contributed by atoms with Gasteiger partial charge in [-0.05, 0) is 32.2 Å². The number of hydrogen-bond donors (Lipinski definition) is 2. The molecule has 2 heterocycles. The SMILES string of the molecule is Cl.O=C(NC1CCOCC1)C1CCCCN1. The third-order valence-corrected chi connectivity index (χ3v) is 3.19. The van der Waals surface area contributed by atoms with Gasteiger partial charge in [0.1, 0.15) is 0 Å². The van der Waals surface area contributed by atoms with Crippen LogP contribution in [-0.4, -0.2) is 37.7 Å². The summed E-state index contributed by atoms with van der Waals surface area (Å²) in [6, 6.07) is 0.372. The van der Waals surface area contributed by atoms with Gasteiger partial charge in [0.15, 0.2) is 0 Å². The van der Waals surface area contributed by atoms with Crippen LogP contribution in [0.2, 0.25) is 0 Å². The number of hydrogen-bond acceptors (Lipinski definition) is 3. The zero-order valence-electron chi connectivity index (χ0n) is 9.54. The minimum absolute atomic E-state index is 0. The van der Waals surface area contributed by atoms with Crippen LogP contribution in [0, 0.1) is 0 Å². The van der Waals surface area contributed by atoms with Crippen LogP contribution in [0.4, 0.5) is 0 Å². The van der Waals surface area contributed by atoms with E-state index in [0.717, 1.165) is 39.0 Å². The maximum absolute atomic E-state index is 11.9. The highest BCUT2D eigenvalue weighted by molar-refractivity contribution is 5.85. The first-order valence-corrected chi connectivity index (χ1v) is 5.98. The van der Waals surface area contributed by atoms with Crippen LogP contribution in [0.15, 0.2) is 0 Å². The Morgan fingerprint density at radius 2 is 1.94 bits per heavy atom. The standard InChI is InChI=1S/C11H20N2O2.ClH/c14-11(10-3-1-2-6-12-10)13-9-4-7-15-8-5-9;/h9-10,12H,1-8H2,(H,13,14);1H. The lowest BCUT2D eigenvalue weighted by Gasteiger charge is -2.27. The molecule has 1 unspecified atom stereocenters. The summed E-state index contributed by atoms with van der Waals surface area (Å²) in [6.45, 7) is 2.54. The third-order valence-electron chi connectivity index (χ3n) is 3.19. The molecule has 0 spiro atoms. The van der Waals surface area contributed by atoms with Gasteiger partial charge in [0.05, 0.1) is 6.04 Å². The maximum atomic E-state index is 11.9. The fourth-order valence-corrected chi connectivity index (χ4v) is 2.22. The lowest BCUT2D eigenvalue weighted by molar-refractivity contribution is -0.125.